The van der Waals surface area contributed by atoms with Crippen LogP contribution in [0.25, 0.3) is 0 Å². The third kappa shape index (κ3) is 3.49. The summed E-state index contributed by atoms with van der Waals surface area (Å²) in [4.78, 5) is 12.2. The van der Waals surface area contributed by atoms with Gasteiger partial charge in [-0.05, 0) is 60.7 Å². The van der Waals surface area contributed by atoms with Crippen molar-refractivity contribution >= 4 is 5.91 Å². The highest BCUT2D eigenvalue weighted by Gasteiger charge is 2.35. The van der Waals surface area contributed by atoms with Crippen LogP contribution in [0.15, 0.2) is 36.4 Å². The molecule has 3 rings (SSSR count). The van der Waals surface area contributed by atoms with Gasteiger partial charge in [0.25, 0.3) is 5.91 Å². The quantitative estimate of drug-likeness (QED) is 0.894. The Kier molecular flexibility index (Phi) is 4.72. The zero-order valence-corrected chi connectivity index (χ0v) is 13.8. The molecule has 0 unspecified atom stereocenters. The van der Waals surface area contributed by atoms with Gasteiger partial charge >= 0.3 is 0 Å². The molecule has 0 radical (unpaired) electrons. The van der Waals surface area contributed by atoms with E-state index in [0.717, 1.165) is 36.1 Å². The Morgan fingerprint density at radius 1 is 1.24 bits per heavy atom. The number of carbonyl (C=O) groups excluding carboxylic acids is 1. The lowest BCUT2D eigenvalue weighted by Crippen LogP contribution is -2.43. The van der Waals surface area contributed by atoms with Gasteiger partial charge in [0.2, 0.25) is 0 Å². The molecule has 1 amide bonds. The van der Waals surface area contributed by atoms with Gasteiger partial charge in [-0.3, -0.25) is 4.79 Å². The molecule has 25 heavy (non-hydrogen) atoms. The Morgan fingerprint density at radius 2 is 2.04 bits per heavy atom. The van der Waals surface area contributed by atoms with E-state index in [2.05, 4.69) is 5.32 Å². The topological polar surface area (TPSA) is 58.6 Å². The maximum Gasteiger partial charge on any atom is 0.251 e. The highest BCUT2D eigenvalue weighted by molar-refractivity contribution is 5.94. The number of aliphatic hydroxyl groups is 1. The number of benzene rings is 2. The van der Waals surface area contributed by atoms with Crippen molar-refractivity contribution in [1.82, 2.24) is 5.32 Å². The lowest BCUT2D eigenvalue weighted by molar-refractivity contribution is 0.0189. The summed E-state index contributed by atoms with van der Waals surface area (Å²) in [5.41, 5.74) is 0.544. The van der Waals surface area contributed by atoms with Gasteiger partial charge in [0.1, 0.15) is 11.4 Å². The Labute approximate surface area is 144 Å². The monoisotopic (exact) mass is 347 g/mol. The van der Waals surface area contributed by atoms with Gasteiger partial charge in [-0.1, -0.05) is 6.07 Å². The molecule has 2 aromatic carbocycles. The molecule has 0 spiro atoms. The molecule has 2 N–H and O–H groups in total. The number of carbonyl (C=O) groups is 1. The number of rotatable bonds is 4. The van der Waals surface area contributed by atoms with Crippen LogP contribution in [0.2, 0.25) is 0 Å². The maximum absolute atomic E-state index is 13.3. The first kappa shape index (κ1) is 17.4. The minimum absolute atomic E-state index is 0.00765. The fourth-order valence-electron chi connectivity index (χ4n) is 3.21. The van der Waals surface area contributed by atoms with Crippen molar-refractivity contribution in [1.29, 1.82) is 0 Å². The zero-order valence-electron chi connectivity index (χ0n) is 13.8. The molecule has 4 nitrogen and oxygen atoms in total. The van der Waals surface area contributed by atoms with Gasteiger partial charge in [-0.25, -0.2) is 8.78 Å². The van der Waals surface area contributed by atoms with E-state index in [1.54, 1.807) is 19.2 Å². The number of fused-ring (bicyclic) bond motifs is 1. The Balaban J connectivity index is 1.77. The first-order chi connectivity index (χ1) is 11.9. The van der Waals surface area contributed by atoms with Crippen LogP contribution in [-0.4, -0.2) is 24.7 Å². The van der Waals surface area contributed by atoms with Crippen molar-refractivity contribution < 1.29 is 23.4 Å². The summed E-state index contributed by atoms with van der Waals surface area (Å²) in [5, 5.41) is 13.6. The molecule has 0 fully saturated rings. The van der Waals surface area contributed by atoms with Gasteiger partial charge in [-0.15, -0.1) is 0 Å². The normalized spacial score (nSPS) is 19.2. The van der Waals surface area contributed by atoms with Crippen molar-refractivity contribution in [2.75, 3.05) is 13.7 Å². The standard InChI is InChI=1S/C19H19F2NO3/c1-25-14-5-6-15-12(9-14)3-2-8-19(15,24)11-22-18(23)13-4-7-16(20)17(21)10-13/h4-7,9-10,24H,2-3,8,11H2,1H3,(H,22,23)/t19-/m1/s1. The third-order valence-electron chi connectivity index (χ3n) is 4.57. The van der Waals surface area contributed by atoms with Crippen LogP contribution in [0.4, 0.5) is 8.78 Å². The predicted octanol–water partition coefficient (Wildman–Crippen LogP) is 2.93. The maximum atomic E-state index is 13.3. The molecule has 0 aliphatic heterocycles. The fraction of sp³-hybridized carbons (Fsp3) is 0.316. The molecule has 0 saturated carbocycles. The summed E-state index contributed by atoms with van der Waals surface area (Å²) in [6.07, 6.45) is 2.11. The van der Waals surface area contributed by atoms with Crippen LogP contribution in [-0.2, 0) is 12.0 Å². The second-order valence-electron chi connectivity index (χ2n) is 6.22. The van der Waals surface area contributed by atoms with Crippen LogP contribution in [0, 0.1) is 11.6 Å². The first-order valence-electron chi connectivity index (χ1n) is 8.06. The fourth-order valence-corrected chi connectivity index (χ4v) is 3.21. The lowest BCUT2D eigenvalue weighted by atomic mass is 9.79. The number of hydrogen-bond donors (Lipinski definition) is 2. The summed E-state index contributed by atoms with van der Waals surface area (Å²) in [6, 6.07) is 8.41. The van der Waals surface area contributed by atoms with Gasteiger partial charge < -0.3 is 15.2 Å². The zero-order chi connectivity index (χ0) is 18.0. The van der Waals surface area contributed by atoms with Crippen molar-refractivity contribution in [3.05, 3.63) is 64.7 Å². The molecule has 132 valence electrons. The summed E-state index contributed by atoms with van der Waals surface area (Å²) in [5.74, 6) is -1.94. The van der Waals surface area contributed by atoms with E-state index in [4.69, 9.17) is 4.74 Å². The van der Waals surface area contributed by atoms with E-state index in [9.17, 15) is 18.7 Å². The van der Waals surface area contributed by atoms with E-state index in [1.807, 2.05) is 6.07 Å². The first-order valence-corrected chi connectivity index (χ1v) is 8.06. The lowest BCUT2D eigenvalue weighted by Gasteiger charge is -2.35. The van der Waals surface area contributed by atoms with E-state index >= 15 is 0 Å². The van der Waals surface area contributed by atoms with E-state index < -0.39 is 23.1 Å². The number of hydrogen-bond acceptors (Lipinski definition) is 3. The highest BCUT2D eigenvalue weighted by atomic mass is 19.2. The average molecular weight is 347 g/mol. The van der Waals surface area contributed by atoms with Crippen LogP contribution >= 0.6 is 0 Å². The second kappa shape index (κ2) is 6.80. The minimum Gasteiger partial charge on any atom is -0.497 e. The Morgan fingerprint density at radius 3 is 2.76 bits per heavy atom. The summed E-state index contributed by atoms with van der Waals surface area (Å²) >= 11 is 0. The van der Waals surface area contributed by atoms with Crippen molar-refractivity contribution in [3.8, 4) is 5.75 Å². The average Bonchev–Trinajstić information content (AvgIpc) is 2.62. The molecular weight excluding hydrogens is 328 g/mol. The number of aryl methyl sites for hydroxylation is 1. The molecule has 0 heterocycles. The van der Waals surface area contributed by atoms with Gasteiger partial charge in [0, 0.05) is 5.56 Å². The molecule has 6 heteroatoms. The van der Waals surface area contributed by atoms with Crippen molar-refractivity contribution in [2.45, 2.75) is 24.9 Å². The van der Waals surface area contributed by atoms with Crippen molar-refractivity contribution in [2.24, 2.45) is 0 Å². The van der Waals surface area contributed by atoms with Crippen LogP contribution in [0.1, 0.15) is 34.3 Å². The molecule has 1 aliphatic carbocycles. The van der Waals surface area contributed by atoms with Crippen molar-refractivity contribution in [3.63, 3.8) is 0 Å². The largest absolute Gasteiger partial charge is 0.497 e. The Bertz CT molecular complexity index is 809. The number of amides is 1. The number of ether oxygens (including phenoxy) is 1. The summed E-state index contributed by atoms with van der Waals surface area (Å²) < 4.78 is 31.4. The van der Waals surface area contributed by atoms with Crippen LogP contribution < -0.4 is 10.1 Å². The molecule has 1 aliphatic rings. The summed E-state index contributed by atoms with van der Waals surface area (Å²) in [7, 11) is 1.58. The number of nitrogens with one attached hydrogen (secondary N) is 1. The Hall–Kier alpha value is -2.47. The molecule has 0 aromatic heterocycles. The van der Waals surface area contributed by atoms with E-state index in [1.165, 1.54) is 6.07 Å². The third-order valence-corrected chi connectivity index (χ3v) is 4.57. The minimum atomic E-state index is -1.20. The molecule has 2 aromatic rings. The van der Waals surface area contributed by atoms with Crippen LogP contribution in [0.3, 0.4) is 0 Å². The number of halogens is 2. The molecule has 0 bridgehead atoms. The second-order valence-corrected chi connectivity index (χ2v) is 6.22. The van der Waals surface area contributed by atoms with Crippen LogP contribution in [0.5, 0.6) is 5.75 Å². The van der Waals surface area contributed by atoms with Gasteiger partial charge in [0.15, 0.2) is 11.6 Å². The van der Waals surface area contributed by atoms with Gasteiger partial charge in [0.05, 0.1) is 13.7 Å². The van der Waals surface area contributed by atoms with E-state index in [-0.39, 0.29) is 12.1 Å². The highest BCUT2D eigenvalue weighted by Crippen LogP contribution is 2.36. The molecular formula is C19H19F2NO3. The van der Waals surface area contributed by atoms with E-state index in [0.29, 0.717) is 12.2 Å². The smallest absolute Gasteiger partial charge is 0.251 e. The number of methoxy groups -OCH3 is 1. The van der Waals surface area contributed by atoms with Gasteiger partial charge in [-0.2, -0.15) is 0 Å². The summed E-state index contributed by atoms with van der Waals surface area (Å²) in [6.45, 7) is -0.00976. The molecule has 0 saturated heterocycles. The predicted molar refractivity (Wildman–Crippen MR) is 88.5 cm³/mol. The molecule has 1 atom stereocenters. The SMILES string of the molecule is COc1ccc2c(c1)CCC[C@@]2(O)CNC(=O)c1ccc(F)c(F)c1.